The Balaban J connectivity index is 2.05. The number of furan rings is 1. The highest BCUT2D eigenvalue weighted by Gasteiger charge is 2.12. The van der Waals surface area contributed by atoms with Crippen LogP contribution in [0.5, 0.6) is 0 Å². The largest absolute Gasteiger partial charge is 0.452 e. The molecule has 0 fully saturated rings. The molecule has 1 aromatic heterocycles. The molecule has 5 heteroatoms. The average molecular weight is 284 g/mol. The number of aryl methyl sites for hydroxylation is 1. The van der Waals surface area contributed by atoms with E-state index >= 15 is 0 Å². The Morgan fingerprint density at radius 2 is 1.94 bits per heavy atom. The van der Waals surface area contributed by atoms with Gasteiger partial charge in [-0.05, 0) is 41.8 Å². The van der Waals surface area contributed by atoms with Crippen LogP contribution in [0.4, 0.5) is 5.69 Å². The molecule has 1 aromatic carbocycles. The molecule has 0 saturated heterocycles. The lowest BCUT2D eigenvalue weighted by molar-refractivity contribution is 0.102. The number of carbonyl (C=O) groups is 1. The molecule has 0 atom stereocenters. The highest BCUT2D eigenvalue weighted by Crippen LogP contribution is 2.18. The molecule has 2 rings (SSSR count). The quantitative estimate of drug-likeness (QED) is 0.863. The maximum Gasteiger partial charge on any atom is 0.260 e. The van der Waals surface area contributed by atoms with Crippen molar-refractivity contribution in [3.63, 3.8) is 0 Å². The Morgan fingerprint density at radius 3 is 2.50 bits per heavy atom. The number of hydrogen-bond donors (Lipinski definition) is 1. The Bertz CT molecular complexity index is 534. The van der Waals surface area contributed by atoms with E-state index in [0.29, 0.717) is 17.1 Å². The first-order valence-electron chi connectivity index (χ1n) is 5.40. The Hall–Kier alpha value is -1.45. The van der Waals surface area contributed by atoms with Crippen molar-refractivity contribution in [1.82, 2.24) is 0 Å². The molecule has 1 heterocycles. The number of anilines is 1. The normalized spacial score (nSPS) is 10.3. The van der Waals surface area contributed by atoms with Gasteiger partial charge in [-0.25, -0.2) is 0 Å². The monoisotopic (exact) mass is 283 g/mol. The van der Waals surface area contributed by atoms with Crippen LogP contribution in [0.3, 0.4) is 0 Å². The molecule has 3 nitrogen and oxygen atoms in total. The smallest absolute Gasteiger partial charge is 0.260 e. The summed E-state index contributed by atoms with van der Waals surface area (Å²) in [5.41, 5.74) is 2.15. The minimum atomic E-state index is -0.293. The van der Waals surface area contributed by atoms with Crippen molar-refractivity contribution in [3.05, 3.63) is 52.9 Å². The third-order valence-corrected chi connectivity index (χ3v) is 2.94. The number of rotatable bonds is 4. The summed E-state index contributed by atoms with van der Waals surface area (Å²) in [6.45, 7) is 0. The first-order chi connectivity index (χ1) is 8.70. The zero-order valence-electron chi connectivity index (χ0n) is 9.45. The summed E-state index contributed by atoms with van der Waals surface area (Å²) in [5, 5.41) is 2.83. The SMILES string of the molecule is O=C(Nc1ccc(CCCl)cc1)c1ccoc1Cl. The van der Waals surface area contributed by atoms with E-state index in [1.807, 2.05) is 24.3 Å². The average Bonchev–Trinajstić information content (AvgIpc) is 2.78. The third-order valence-electron chi connectivity index (χ3n) is 2.46. The minimum absolute atomic E-state index is 0.0891. The van der Waals surface area contributed by atoms with Crippen LogP contribution >= 0.6 is 23.2 Å². The van der Waals surface area contributed by atoms with Gasteiger partial charge in [0.15, 0.2) is 0 Å². The lowest BCUT2D eigenvalue weighted by Crippen LogP contribution is -2.11. The molecule has 2 aromatic rings. The summed E-state index contributed by atoms with van der Waals surface area (Å²) in [6, 6.07) is 9.03. The van der Waals surface area contributed by atoms with E-state index in [4.69, 9.17) is 27.6 Å². The van der Waals surface area contributed by atoms with E-state index in [9.17, 15) is 4.79 Å². The molecule has 0 spiro atoms. The van der Waals surface area contributed by atoms with E-state index in [2.05, 4.69) is 5.32 Å². The minimum Gasteiger partial charge on any atom is -0.452 e. The van der Waals surface area contributed by atoms with Crippen molar-refractivity contribution >= 4 is 34.8 Å². The number of alkyl halides is 1. The third kappa shape index (κ3) is 3.06. The van der Waals surface area contributed by atoms with Crippen LogP contribution in [0, 0.1) is 0 Å². The first-order valence-corrected chi connectivity index (χ1v) is 6.31. The van der Waals surface area contributed by atoms with Crippen LogP contribution < -0.4 is 5.32 Å². The van der Waals surface area contributed by atoms with E-state index in [0.717, 1.165) is 12.0 Å². The number of amides is 1. The lowest BCUT2D eigenvalue weighted by Gasteiger charge is -2.05. The van der Waals surface area contributed by atoms with Crippen molar-refractivity contribution < 1.29 is 9.21 Å². The van der Waals surface area contributed by atoms with E-state index < -0.39 is 0 Å². The maximum atomic E-state index is 11.8. The number of carbonyl (C=O) groups excluding carboxylic acids is 1. The van der Waals surface area contributed by atoms with Gasteiger partial charge in [0.05, 0.1) is 11.8 Å². The van der Waals surface area contributed by atoms with Gasteiger partial charge in [0.2, 0.25) is 5.22 Å². The molecule has 0 aliphatic rings. The van der Waals surface area contributed by atoms with Crippen molar-refractivity contribution in [1.29, 1.82) is 0 Å². The summed E-state index contributed by atoms with van der Waals surface area (Å²) in [5.74, 6) is 0.287. The van der Waals surface area contributed by atoms with Crippen LogP contribution in [0.25, 0.3) is 0 Å². The number of benzene rings is 1. The van der Waals surface area contributed by atoms with Crippen LogP contribution in [0.1, 0.15) is 15.9 Å². The summed E-state index contributed by atoms with van der Waals surface area (Å²) >= 11 is 11.4. The maximum absolute atomic E-state index is 11.8. The molecule has 0 saturated carbocycles. The molecule has 18 heavy (non-hydrogen) atoms. The summed E-state index contributed by atoms with van der Waals surface area (Å²) in [4.78, 5) is 11.8. The molecular weight excluding hydrogens is 273 g/mol. The highest BCUT2D eigenvalue weighted by atomic mass is 35.5. The van der Waals surface area contributed by atoms with Crippen LogP contribution in [0.15, 0.2) is 41.0 Å². The second-order valence-electron chi connectivity index (χ2n) is 3.70. The van der Waals surface area contributed by atoms with E-state index in [1.165, 1.54) is 12.3 Å². The van der Waals surface area contributed by atoms with E-state index in [1.54, 1.807) is 0 Å². The van der Waals surface area contributed by atoms with Gasteiger partial charge in [-0.15, -0.1) is 11.6 Å². The second kappa shape index (κ2) is 5.94. The Kier molecular flexibility index (Phi) is 4.28. The predicted molar refractivity (Wildman–Crippen MR) is 72.5 cm³/mol. The molecule has 0 aliphatic heterocycles. The number of halogens is 2. The molecule has 0 unspecified atom stereocenters. The molecule has 1 N–H and O–H groups in total. The van der Waals surface area contributed by atoms with Gasteiger partial charge in [-0.1, -0.05) is 12.1 Å². The molecule has 1 amide bonds. The molecule has 0 bridgehead atoms. The summed E-state index contributed by atoms with van der Waals surface area (Å²) in [6.07, 6.45) is 2.18. The Morgan fingerprint density at radius 1 is 1.22 bits per heavy atom. The van der Waals surface area contributed by atoms with Gasteiger partial charge in [0.1, 0.15) is 0 Å². The summed E-state index contributed by atoms with van der Waals surface area (Å²) < 4.78 is 4.86. The zero-order valence-corrected chi connectivity index (χ0v) is 11.0. The Labute approximate surface area is 115 Å². The molecule has 0 aliphatic carbocycles. The zero-order chi connectivity index (χ0) is 13.0. The predicted octanol–water partition coefficient (Wildman–Crippen LogP) is 3.97. The second-order valence-corrected chi connectivity index (χ2v) is 4.42. The first kappa shape index (κ1) is 13.0. The van der Waals surface area contributed by atoms with Gasteiger partial charge >= 0.3 is 0 Å². The van der Waals surface area contributed by atoms with Crippen LogP contribution in [-0.4, -0.2) is 11.8 Å². The van der Waals surface area contributed by atoms with Crippen molar-refractivity contribution in [3.8, 4) is 0 Å². The molecular formula is C13H11Cl2NO2. The fourth-order valence-electron chi connectivity index (χ4n) is 1.52. The lowest BCUT2D eigenvalue weighted by atomic mass is 10.1. The van der Waals surface area contributed by atoms with Crippen molar-refractivity contribution in [2.24, 2.45) is 0 Å². The van der Waals surface area contributed by atoms with Gasteiger partial charge < -0.3 is 9.73 Å². The standard InChI is InChI=1S/C13H11Cl2NO2/c14-7-5-9-1-3-10(4-2-9)16-13(17)11-6-8-18-12(11)15/h1-4,6,8H,5,7H2,(H,16,17). The van der Waals surface area contributed by atoms with Gasteiger partial charge in [-0.2, -0.15) is 0 Å². The van der Waals surface area contributed by atoms with E-state index in [-0.39, 0.29) is 11.1 Å². The van der Waals surface area contributed by atoms with Crippen LogP contribution in [-0.2, 0) is 6.42 Å². The fourth-order valence-corrected chi connectivity index (χ4v) is 1.94. The van der Waals surface area contributed by atoms with Gasteiger partial charge in [0, 0.05) is 11.6 Å². The van der Waals surface area contributed by atoms with Crippen molar-refractivity contribution in [2.45, 2.75) is 6.42 Å². The van der Waals surface area contributed by atoms with Crippen LogP contribution in [0.2, 0.25) is 5.22 Å². The highest BCUT2D eigenvalue weighted by molar-refractivity contribution is 6.32. The van der Waals surface area contributed by atoms with Crippen molar-refractivity contribution in [2.75, 3.05) is 11.2 Å². The number of hydrogen-bond acceptors (Lipinski definition) is 2. The molecule has 0 radical (unpaired) electrons. The molecule has 94 valence electrons. The van der Waals surface area contributed by atoms with Gasteiger partial charge in [0.25, 0.3) is 5.91 Å². The topological polar surface area (TPSA) is 42.2 Å². The van der Waals surface area contributed by atoms with Gasteiger partial charge in [-0.3, -0.25) is 4.79 Å². The summed E-state index contributed by atoms with van der Waals surface area (Å²) in [7, 11) is 0. The fraction of sp³-hybridized carbons (Fsp3) is 0.154. The number of nitrogens with one attached hydrogen (secondary N) is 1.